The van der Waals surface area contributed by atoms with Gasteiger partial charge in [-0.25, -0.2) is 14.5 Å². The van der Waals surface area contributed by atoms with Gasteiger partial charge in [0.05, 0.1) is 18.9 Å². The van der Waals surface area contributed by atoms with Gasteiger partial charge in [-0.05, 0) is 55.9 Å². The van der Waals surface area contributed by atoms with Crippen molar-refractivity contribution >= 4 is 47.4 Å². The molecular weight excluding hydrogens is 440 g/mol. The Morgan fingerprint density at radius 3 is 2.48 bits per heavy atom. The molecule has 0 aliphatic heterocycles. The van der Waals surface area contributed by atoms with E-state index < -0.39 is 12.1 Å². The van der Waals surface area contributed by atoms with E-state index in [0.29, 0.717) is 11.4 Å². The largest absolute Gasteiger partial charge is 0.462 e. The maximum atomic E-state index is 12.6. The second-order valence-electron chi connectivity index (χ2n) is 6.75. The molecule has 1 aromatic carbocycles. The summed E-state index contributed by atoms with van der Waals surface area (Å²) < 4.78 is 10.2. The molecule has 0 bridgehead atoms. The average molecular weight is 465 g/mol. The summed E-state index contributed by atoms with van der Waals surface area (Å²) in [6, 6.07) is 15.0. The molecule has 0 fully saturated rings. The third-order valence-electron chi connectivity index (χ3n) is 4.52. The second kappa shape index (κ2) is 11.1. The lowest BCUT2D eigenvalue weighted by Gasteiger charge is -2.19. The van der Waals surface area contributed by atoms with Crippen LogP contribution in [0.25, 0.3) is 23.4 Å². The van der Waals surface area contributed by atoms with Crippen LogP contribution in [0.5, 0.6) is 0 Å². The molecule has 2 heterocycles. The molecule has 0 unspecified atom stereocenters. The van der Waals surface area contributed by atoms with Crippen LogP contribution in [0.2, 0.25) is 0 Å². The van der Waals surface area contributed by atoms with Crippen molar-refractivity contribution in [3.8, 4) is 11.3 Å². The van der Waals surface area contributed by atoms with Crippen molar-refractivity contribution in [2.24, 2.45) is 5.73 Å². The highest BCUT2D eigenvalue weighted by Gasteiger charge is 2.29. The number of pyridine rings is 1. The lowest BCUT2D eigenvalue weighted by Crippen LogP contribution is -2.42. The first-order valence-electron chi connectivity index (χ1n) is 10.3. The molecule has 33 heavy (non-hydrogen) atoms. The molecule has 2 aromatic heterocycles. The number of esters is 1. The van der Waals surface area contributed by atoms with Crippen LogP contribution in [-0.4, -0.2) is 40.4 Å². The molecule has 0 aliphatic carbocycles. The van der Waals surface area contributed by atoms with Crippen molar-refractivity contribution < 1.29 is 19.1 Å². The number of amides is 1. The molecule has 0 saturated carbocycles. The molecular formula is C24H24N4O4S. The van der Waals surface area contributed by atoms with Gasteiger partial charge in [0.2, 0.25) is 0 Å². The number of aromatic nitrogens is 2. The summed E-state index contributed by atoms with van der Waals surface area (Å²) in [5.41, 5.74) is 8.92. The number of nitrogens with two attached hydrogens (primary N) is 1. The summed E-state index contributed by atoms with van der Waals surface area (Å²) in [7, 11) is 0. The number of hydrogen-bond donors (Lipinski definition) is 2. The van der Waals surface area contributed by atoms with E-state index in [4.69, 9.17) is 27.4 Å². The third kappa shape index (κ3) is 5.83. The Morgan fingerprint density at radius 1 is 1.09 bits per heavy atom. The highest BCUT2D eigenvalue weighted by atomic mass is 32.1. The number of H-pyrrole nitrogens is 1. The van der Waals surface area contributed by atoms with Gasteiger partial charge < -0.3 is 20.2 Å². The van der Waals surface area contributed by atoms with Crippen molar-refractivity contribution in [3.05, 3.63) is 71.5 Å². The van der Waals surface area contributed by atoms with Crippen LogP contribution in [0, 0.1) is 0 Å². The highest BCUT2D eigenvalue weighted by Crippen LogP contribution is 2.29. The molecule has 0 radical (unpaired) electrons. The van der Waals surface area contributed by atoms with Crippen LogP contribution in [0.3, 0.4) is 0 Å². The van der Waals surface area contributed by atoms with Crippen LogP contribution >= 0.6 is 12.2 Å². The summed E-state index contributed by atoms with van der Waals surface area (Å²) in [5, 5.41) is -0.270. The first-order chi connectivity index (χ1) is 15.9. The highest BCUT2D eigenvalue weighted by molar-refractivity contribution is 7.80. The smallest absolute Gasteiger partial charge is 0.421 e. The maximum absolute atomic E-state index is 12.6. The zero-order valence-corrected chi connectivity index (χ0v) is 19.1. The number of thiocarbonyl (C=S) groups is 1. The van der Waals surface area contributed by atoms with Crippen LogP contribution in [-0.2, 0) is 9.47 Å². The van der Waals surface area contributed by atoms with Gasteiger partial charge >= 0.3 is 12.1 Å². The minimum atomic E-state index is -0.801. The second-order valence-corrected chi connectivity index (χ2v) is 7.17. The van der Waals surface area contributed by atoms with E-state index in [1.165, 1.54) is 0 Å². The molecule has 3 N–H and O–H groups in total. The number of benzene rings is 1. The number of ether oxygens (including phenoxy) is 2. The zero-order valence-electron chi connectivity index (χ0n) is 18.3. The Kier molecular flexibility index (Phi) is 7.93. The minimum Gasteiger partial charge on any atom is -0.462 e. The van der Waals surface area contributed by atoms with Crippen molar-refractivity contribution in [1.29, 1.82) is 0 Å². The van der Waals surface area contributed by atoms with Crippen molar-refractivity contribution in [1.82, 2.24) is 9.97 Å². The van der Waals surface area contributed by atoms with Gasteiger partial charge in [-0.15, -0.1) is 0 Å². The predicted octanol–water partition coefficient (Wildman–Crippen LogP) is 4.63. The van der Waals surface area contributed by atoms with Gasteiger partial charge in [0.1, 0.15) is 11.4 Å². The van der Waals surface area contributed by atoms with E-state index in [9.17, 15) is 9.59 Å². The van der Waals surface area contributed by atoms with Crippen molar-refractivity contribution in [2.75, 3.05) is 18.1 Å². The number of carbonyl (C=O) groups excluding carboxylic acids is 2. The lowest BCUT2D eigenvalue weighted by molar-refractivity contribution is 0.0527. The number of rotatable bonds is 7. The molecule has 9 heteroatoms. The topological polar surface area (TPSA) is 111 Å². The van der Waals surface area contributed by atoms with E-state index >= 15 is 0 Å². The van der Waals surface area contributed by atoms with E-state index in [1.807, 2.05) is 48.6 Å². The number of aromatic amines is 1. The zero-order chi connectivity index (χ0) is 23.8. The normalized spacial score (nSPS) is 10.7. The fourth-order valence-corrected chi connectivity index (χ4v) is 3.24. The number of nitrogens with zero attached hydrogens (tertiary/aromatic N) is 2. The standard InChI is InChI=1S/C24H24N4O4S/c1-3-31-22(29)19-15-20(27-21(19)28(23(25)33)24(30)32-4-2)17-12-13-26-18(14-17)11-10-16-8-6-5-7-9-16/h5-15,27H,3-4H2,1-2H3,(H2,25,33). The summed E-state index contributed by atoms with van der Waals surface area (Å²) >= 11 is 5.04. The molecule has 0 atom stereocenters. The molecule has 1 amide bonds. The molecule has 3 aromatic rings. The molecule has 0 spiro atoms. The third-order valence-corrected chi connectivity index (χ3v) is 4.71. The van der Waals surface area contributed by atoms with E-state index in [2.05, 4.69) is 9.97 Å². The van der Waals surface area contributed by atoms with E-state index in [0.717, 1.165) is 16.0 Å². The fourth-order valence-electron chi connectivity index (χ4n) is 3.07. The quantitative estimate of drug-likeness (QED) is 0.387. The number of carbonyl (C=O) groups is 2. The predicted molar refractivity (Wildman–Crippen MR) is 132 cm³/mol. The first-order valence-corrected chi connectivity index (χ1v) is 10.7. The van der Waals surface area contributed by atoms with Gasteiger partial charge in [-0.1, -0.05) is 36.4 Å². The molecule has 3 rings (SSSR count). The van der Waals surface area contributed by atoms with Gasteiger partial charge in [-0.3, -0.25) is 4.98 Å². The van der Waals surface area contributed by atoms with Crippen molar-refractivity contribution in [2.45, 2.75) is 13.8 Å². The average Bonchev–Trinajstić information content (AvgIpc) is 3.24. The Balaban J connectivity index is 2.02. The first kappa shape index (κ1) is 23.7. The van der Waals surface area contributed by atoms with Gasteiger partial charge in [-0.2, -0.15) is 0 Å². The minimum absolute atomic E-state index is 0.0765. The van der Waals surface area contributed by atoms with Gasteiger partial charge in [0.15, 0.2) is 5.11 Å². The van der Waals surface area contributed by atoms with Crippen LogP contribution in [0.4, 0.5) is 10.6 Å². The number of anilines is 1. The summed E-state index contributed by atoms with van der Waals surface area (Å²) in [6.45, 7) is 3.62. The maximum Gasteiger partial charge on any atom is 0.421 e. The summed E-state index contributed by atoms with van der Waals surface area (Å²) in [6.07, 6.45) is 4.69. The monoisotopic (exact) mass is 464 g/mol. The van der Waals surface area contributed by atoms with Crippen LogP contribution in [0.1, 0.15) is 35.5 Å². The lowest BCUT2D eigenvalue weighted by atomic mass is 10.1. The fraction of sp³-hybridized carbons (Fsp3) is 0.167. The SMILES string of the molecule is CCOC(=O)c1cc(-c2ccnc(C=Cc3ccccc3)c2)[nH]c1N(C(=O)OCC)C(N)=S. The molecule has 170 valence electrons. The Bertz CT molecular complexity index is 1170. The Hall–Kier alpha value is -3.98. The molecule has 8 nitrogen and oxygen atoms in total. The number of nitrogens with one attached hydrogen (secondary N) is 1. The molecule has 0 aliphatic rings. The molecule has 0 saturated heterocycles. The van der Waals surface area contributed by atoms with Crippen molar-refractivity contribution in [3.63, 3.8) is 0 Å². The van der Waals surface area contributed by atoms with Gasteiger partial charge in [0.25, 0.3) is 0 Å². The summed E-state index contributed by atoms with van der Waals surface area (Å²) in [5.74, 6) is -0.550. The Morgan fingerprint density at radius 2 is 1.82 bits per heavy atom. The van der Waals surface area contributed by atoms with Gasteiger partial charge in [0, 0.05) is 17.5 Å². The van der Waals surface area contributed by atoms with Crippen LogP contribution < -0.4 is 10.6 Å². The number of hydrogen-bond acceptors (Lipinski definition) is 6. The Labute approximate surface area is 197 Å². The van der Waals surface area contributed by atoms with E-state index in [1.54, 1.807) is 32.2 Å². The van der Waals surface area contributed by atoms with E-state index in [-0.39, 0.29) is 29.7 Å². The summed E-state index contributed by atoms with van der Waals surface area (Å²) in [4.78, 5) is 33.5. The van der Waals surface area contributed by atoms with Crippen LogP contribution in [0.15, 0.2) is 54.7 Å².